The minimum atomic E-state index is -0.322. The number of thioether (sulfide) groups is 1. The molecule has 4 saturated carbocycles. The molecule has 178 valence electrons. The van der Waals surface area contributed by atoms with Crippen molar-refractivity contribution in [2.75, 3.05) is 36.6 Å². The largest absolute Gasteiger partial charge is 0.368 e. The van der Waals surface area contributed by atoms with Crippen molar-refractivity contribution < 1.29 is 9.47 Å². The molecule has 8 heteroatoms. The molecule has 2 N–H and O–H groups in total. The zero-order valence-electron chi connectivity index (χ0n) is 19.5. The monoisotopic (exact) mass is 477 g/mol. The minimum absolute atomic E-state index is 0.222. The van der Waals surface area contributed by atoms with Crippen LogP contribution in [-0.2, 0) is 16.0 Å². The lowest BCUT2D eigenvalue weighted by atomic mass is 9.47. The predicted octanol–water partition coefficient (Wildman–Crippen LogP) is 4.66. The van der Waals surface area contributed by atoms with Crippen LogP contribution >= 0.6 is 11.8 Å². The second kappa shape index (κ2) is 8.71. The number of anilines is 2. The van der Waals surface area contributed by atoms with Crippen molar-refractivity contribution in [2.45, 2.75) is 49.3 Å². The van der Waals surface area contributed by atoms with Crippen LogP contribution in [0, 0.1) is 34.5 Å². The summed E-state index contributed by atoms with van der Waals surface area (Å²) in [5, 5.41) is 16.6. The highest BCUT2D eigenvalue weighted by molar-refractivity contribution is 7.98. The van der Waals surface area contributed by atoms with E-state index in [1.807, 2.05) is 12.1 Å². The van der Waals surface area contributed by atoms with E-state index in [2.05, 4.69) is 40.1 Å². The van der Waals surface area contributed by atoms with Gasteiger partial charge in [0.15, 0.2) is 5.79 Å². The molecule has 7 rings (SSSR count). The Morgan fingerprint density at radius 2 is 1.88 bits per heavy atom. The van der Waals surface area contributed by atoms with E-state index in [-0.39, 0.29) is 11.2 Å². The number of benzene rings is 1. The summed E-state index contributed by atoms with van der Waals surface area (Å²) in [6.45, 7) is 2.92. The van der Waals surface area contributed by atoms with Crippen LogP contribution in [0.4, 0.5) is 11.8 Å². The maximum Gasteiger partial charge on any atom is 0.224 e. The van der Waals surface area contributed by atoms with Crippen molar-refractivity contribution in [1.29, 1.82) is 5.26 Å². The van der Waals surface area contributed by atoms with Gasteiger partial charge in [-0.15, -0.1) is 11.8 Å². The van der Waals surface area contributed by atoms with Crippen LogP contribution in [0.5, 0.6) is 0 Å². The van der Waals surface area contributed by atoms with Gasteiger partial charge in [-0.3, -0.25) is 0 Å². The molecule has 7 nitrogen and oxygen atoms in total. The molecule has 2 aromatic rings. The number of rotatable bonds is 7. The van der Waals surface area contributed by atoms with Crippen molar-refractivity contribution in [3.8, 4) is 6.07 Å². The van der Waals surface area contributed by atoms with Crippen molar-refractivity contribution >= 4 is 23.5 Å². The number of hydrogen-bond acceptors (Lipinski definition) is 8. The van der Waals surface area contributed by atoms with E-state index in [9.17, 15) is 5.26 Å². The number of nitrogens with zero attached hydrogens (tertiary/aromatic N) is 3. The standard InChI is InChI=1S/C26H31N5O2S/c1-34-22-5-3-2-4-18(22)14-28-24-29-15-19(13-27)23(31-24)30-16-25-10-17-8-20(11-25)26(21(9-17)12-25)32-6-7-33-26/h2-5,15,17,20-21H,6-12,14,16H2,1H3,(H2,28,29,30,31)/t17?,20-,21+,25+. The Balaban J connectivity index is 1.16. The van der Waals surface area contributed by atoms with Gasteiger partial charge in [-0.2, -0.15) is 10.2 Å². The third kappa shape index (κ3) is 3.74. The number of aromatic nitrogens is 2. The lowest BCUT2D eigenvalue weighted by molar-refractivity contribution is -0.301. The lowest BCUT2D eigenvalue weighted by Crippen LogP contribution is -2.62. The van der Waals surface area contributed by atoms with E-state index in [0.29, 0.717) is 35.7 Å². The molecule has 5 aliphatic rings. The SMILES string of the molecule is CSc1ccccc1CNc1ncc(C#N)c(NC[C@@]23CC4C[C@H](C2)C2(OCCO2)[C@@H](C4)C3)n1. The number of ether oxygens (including phenoxy) is 2. The van der Waals surface area contributed by atoms with Gasteiger partial charge in [0.2, 0.25) is 5.95 Å². The van der Waals surface area contributed by atoms with Gasteiger partial charge in [0.05, 0.1) is 19.4 Å². The Bertz CT molecular complexity index is 1090. The van der Waals surface area contributed by atoms with Crippen LogP contribution in [0.25, 0.3) is 0 Å². The second-order valence-electron chi connectivity index (χ2n) is 10.3. The van der Waals surface area contributed by atoms with Gasteiger partial charge in [0, 0.05) is 29.8 Å². The maximum atomic E-state index is 9.66. The highest BCUT2D eigenvalue weighted by atomic mass is 32.2. The molecular formula is C26H31N5O2S. The molecule has 1 saturated heterocycles. The molecule has 0 radical (unpaired) electrons. The van der Waals surface area contributed by atoms with Crippen LogP contribution in [0.3, 0.4) is 0 Å². The average Bonchev–Trinajstić information content (AvgIpc) is 3.36. The topological polar surface area (TPSA) is 92.1 Å². The first-order valence-corrected chi connectivity index (χ1v) is 13.5. The smallest absolute Gasteiger partial charge is 0.224 e. The van der Waals surface area contributed by atoms with Gasteiger partial charge in [-0.05, 0) is 61.3 Å². The minimum Gasteiger partial charge on any atom is -0.368 e. The normalized spacial score (nSPS) is 30.4. The molecule has 0 amide bonds. The van der Waals surface area contributed by atoms with E-state index in [1.165, 1.54) is 29.7 Å². The van der Waals surface area contributed by atoms with Gasteiger partial charge < -0.3 is 20.1 Å². The summed E-state index contributed by atoms with van der Waals surface area (Å²) in [6, 6.07) is 10.6. The van der Waals surface area contributed by atoms with Crippen molar-refractivity contribution in [3.05, 3.63) is 41.6 Å². The zero-order valence-corrected chi connectivity index (χ0v) is 20.4. The van der Waals surface area contributed by atoms with Crippen LogP contribution in [0.2, 0.25) is 0 Å². The maximum absolute atomic E-state index is 9.66. The molecule has 1 unspecified atom stereocenters. The van der Waals surface area contributed by atoms with Gasteiger partial charge in [-0.25, -0.2) is 4.98 Å². The molecule has 2 heterocycles. The number of nitriles is 1. The van der Waals surface area contributed by atoms with Crippen molar-refractivity contribution in [3.63, 3.8) is 0 Å². The molecule has 1 aliphatic heterocycles. The first-order valence-electron chi connectivity index (χ1n) is 12.3. The van der Waals surface area contributed by atoms with Gasteiger partial charge in [0.25, 0.3) is 0 Å². The number of nitrogens with one attached hydrogen (secondary N) is 2. The molecule has 1 aromatic heterocycles. The molecule has 5 fully saturated rings. The van der Waals surface area contributed by atoms with Gasteiger partial charge in [-0.1, -0.05) is 18.2 Å². The third-order valence-corrected chi connectivity index (χ3v) is 9.20. The fourth-order valence-corrected chi connectivity index (χ4v) is 7.82. The van der Waals surface area contributed by atoms with E-state index in [0.717, 1.165) is 38.5 Å². The predicted molar refractivity (Wildman–Crippen MR) is 131 cm³/mol. The zero-order chi connectivity index (χ0) is 23.2. The fraction of sp³-hybridized carbons (Fsp3) is 0.577. The van der Waals surface area contributed by atoms with Crippen LogP contribution < -0.4 is 10.6 Å². The summed E-state index contributed by atoms with van der Waals surface area (Å²) in [7, 11) is 0. The highest BCUT2D eigenvalue weighted by Crippen LogP contribution is 2.65. The van der Waals surface area contributed by atoms with Crippen molar-refractivity contribution in [1.82, 2.24) is 9.97 Å². The summed E-state index contributed by atoms with van der Waals surface area (Å²) < 4.78 is 12.5. The summed E-state index contributed by atoms with van der Waals surface area (Å²) in [5.41, 5.74) is 1.91. The molecular weight excluding hydrogens is 446 g/mol. The second-order valence-corrected chi connectivity index (χ2v) is 11.2. The third-order valence-electron chi connectivity index (χ3n) is 8.36. The van der Waals surface area contributed by atoms with Crippen LogP contribution in [-0.4, -0.2) is 41.8 Å². The first-order chi connectivity index (χ1) is 16.6. The summed E-state index contributed by atoms with van der Waals surface area (Å²) >= 11 is 1.73. The van der Waals surface area contributed by atoms with Crippen molar-refractivity contribution in [2.24, 2.45) is 23.2 Å². The summed E-state index contributed by atoms with van der Waals surface area (Å²) in [6.07, 6.45) is 9.63. The highest BCUT2D eigenvalue weighted by Gasteiger charge is 2.64. The molecule has 1 spiro atoms. The summed E-state index contributed by atoms with van der Waals surface area (Å²) in [5.74, 6) is 2.56. The Labute approximate surface area is 205 Å². The van der Waals surface area contributed by atoms with E-state index in [1.54, 1.807) is 18.0 Å². The van der Waals surface area contributed by atoms with Gasteiger partial charge in [0.1, 0.15) is 17.5 Å². The Morgan fingerprint density at radius 3 is 2.62 bits per heavy atom. The van der Waals surface area contributed by atoms with E-state index < -0.39 is 0 Å². The first kappa shape index (κ1) is 22.1. The lowest BCUT2D eigenvalue weighted by Gasteiger charge is -2.63. The quantitative estimate of drug-likeness (QED) is 0.556. The molecule has 1 aromatic carbocycles. The Hall–Kier alpha value is -2.34. The van der Waals surface area contributed by atoms with E-state index in [4.69, 9.17) is 14.5 Å². The van der Waals surface area contributed by atoms with Crippen LogP contribution in [0.1, 0.15) is 43.2 Å². The Morgan fingerprint density at radius 1 is 1.12 bits per heavy atom. The van der Waals surface area contributed by atoms with Gasteiger partial charge >= 0.3 is 0 Å². The molecule has 4 aliphatic carbocycles. The van der Waals surface area contributed by atoms with E-state index >= 15 is 0 Å². The average molecular weight is 478 g/mol. The fourth-order valence-electron chi connectivity index (χ4n) is 7.20. The summed E-state index contributed by atoms with van der Waals surface area (Å²) in [4.78, 5) is 10.3. The molecule has 4 atom stereocenters. The van der Waals surface area contributed by atoms with Crippen LogP contribution in [0.15, 0.2) is 35.4 Å². The number of hydrogen-bond donors (Lipinski definition) is 2. The molecule has 34 heavy (non-hydrogen) atoms. The molecule has 4 bridgehead atoms. The Kier molecular flexibility index (Phi) is 5.67.